The van der Waals surface area contributed by atoms with Gasteiger partial charge in [0.1, 0.15) is 0 Å². The summed E-state index contributed by atoms with van der Waals surface area (Å²) in [5, 5.41) is 4.23. The fourth-order valence-corrected chi connectivity index (χ4v) is 2.80. The Kier molecular flexibility index (Phi) is 7.10. The molecule has 0 aliphatic carbocycles. The lowest BCUT2D eigenvalue weighted by Crippen LogP contribution is -2.23. The van der Waals surface area contributed by atoms with Crippen molar-refractivity contribution in [3.63, 3.8) is 0 Å². The van der Waals surface area contributed by atoms with Crippen LogP contribution in [0.2, 0.25) is 0 Å². The van der Waals surface area contributed by atoms with E-state index in [-0.39, 0.29) is 24.0 Å². The first kappa shape index (κ1) is 17.9. The van der Waals surface area contributed by atoms with Gasteiger partial charge >= 0.3 is 0 Å². The Morgan fingerprint density at radius 3 is 2.48 bits per heavy atom. The Morgan fingerprint density at radius 1 is 1.24 bits per heavy atom. The third-order valence-electron chi connectivity index (χ3n) is 2.77. The van der Waals surface area contributed by atoms with E-state index in [1.807, 2.05) is 6.20 Å². The predicted molar refractivity (Wildman–Crippen MR) is 102 cm³/mol. The van der Waals surface area contributed by atoms with Gasteiger partial charge in [-0.15, -0.1) is 35.3 Å². The summed E-state index contributed by atoms with van der Waals surface area (Å²) < 4.78 is 0. The second-order valence-electron chi connectivity index (χ2n) is 4.88. The highest BCUT2D eigenvalue weighted by Crippen LogP contribution is 2.14. The molecule has 0 radical (unpaired) electrons. The molecule has 0 aliphatic rings. The van der Waals surface area contributed by atoms with Gasteiger partial charge in [-0.3, -0.25) is 4.99 Å². The zero-order valence-electron chi connectivity index (χ0n) is 12.5. The number of aromatic nitrogens is 1. The monoisotopic (exact) mass is 416 g/mol. The number of benzene rings is 1. The summed E-state index contributed by atoms with van der Waals surface area (Å²) in [6, 6.07) is 6.24. The number of anilines is 1. The van der Waals surface area contributed by atoms with Gasteiger partial charge in [-0.1, -0.05) is 6.07 Å². The van der Waals surface area contributed by atoms with Crippen LogP contribution < -0.4 is 11.1 Å². The van der Waals surface area contributed by atoms with Crippen molar-refractivity contribution in [3.05, 3.63) is 45.4 Å². The van der Waals surface area contributed by atoms with Crippen LogP contribution in [0.1, 0.15) is 21.0 Å². The van der Waals surface area contributed by atoms with Crippen molar-refractivity contribution in [3.8, 4) is 0 Å². The first-order chi connectivity index (χ1) is 9.52. The van der Waals surface area contributed by atoms with Crippen LogP contribution in [0.4, 0.5) is 5.69 Å². The van der Waals surface area contributed by atoms with E-state index in [2.05, 4.69) is 54.3 Å². The van der Waals surface area contributed by atoms with Crippen molar-refractivity contribution in [2.75, 3.05) is 11.9 Å². The summed E-state index contributed by atoms with van der Waals surface area (Å²) >= 11 is 1.71. The highest BCUT2D eigenvalue weighted by atomic mass is 127. The molecule has 0 saturated heterocycles. The van der Waals surface area contributed by atoms with Crippen molar-refractivity contribution < 1.29 is 0 Å². The van der Waals surface area contributed by atoms with Crippen LogP contribution >= 0.6 is 35.3 Å². The van der Waals surface area contributed by atoms with Crippen molar-refractivity contribution in [2.24, 2.45) is 10.7 Å². The maximum Gasteiger partial charge on any atom is 0.193 e. The number of nitrogens with zero attached hydrogens (tertiary/aromatic N) is 2. The molecule has 0 bridgehead atoms. The van der Waals surface area contributed by atoms with Gasteiger partial charge in [-0.05, 0) is 44.0 Å². The molecule has 2 aromatic rings. The fraction of sp³-hybridized carbons (Fsp3) is 0.333. The number of thiazole rings is 1. The summed E-state index contributed by atoms with van der Waals surface area (Å²) in [5.41, 5.74) is 9.29. The number of nitrogens with one attached hydrogen (secondary N) is 1. The van der Waals surface area contributed by atoms with Crippen molar-refractivity contribution in [1.29, 1.82) is 0 Å². The van der Waals surface area contributed by atoms with Crippen LogP contribution in [0, 0.1) is 20.8 Å². The Hall–Kier alpha value is -1.15. The van der Waals surface area contributed by atoms with Gasteiger partial charge in [0.15, 0.2) is 5.96 Å². The third-order valence-corrected chi connectivity index (χ3v) is 3.74. The highest BCUT2D eigenvalue weighted by Gasteiger charge is 2.00. The van der Waals surface area contributed by atoms with E-state index >= 15 is 0 Å². The van der Waals surface area contributed by atoms with Crippen LogP contribution in [-0.4, -0.2) is 17.5 Å². The van der Waals surface area contributed by atoms with Gasteiger partial charge in [0.25, 0.3) is 0 Å². The number of hydrogen-bond donors (Lipinski definition) is 2. The molecule has 21 heavy (non-hydrogen) atoms. The quantitative estimate of drug-likeness (QED) is 0.454. The molecule has 0 amide bonds. The van der Waals surface area contributed by atoms with E-state index in [1.165, 1.54) is 16.0 Å². The minimum absolute atomic E-state index is 0. The van der Waals surface area contributed by atoms with Crippen LogP contribution in [0.3, 0.4) is 0 Å². The molecule has 3 N–H and O–H groups in total. The summed E-state index contributed by atoms with van der Waals surface area (Å²) in [5.74, 6) is 0.447. The standard InChI is InChI=1S/C15H20N4S.HI/c1-10-6-11(2)8-13(7-10)19-15(16)17-5-4-14-18-9-12(3)20-14;/h6-9H,4-5H2,1-3H3,(H3,16,17,19);1H. The minimum Gasteiger partial charge on any atom is -0.370 e. The molecule has 2 rings (SSSR count). The van der Waals surface area contributed by atoms with E-state index in [1.54, 1.807) is 11.3 Å². The summed E-state index contributed by atoms with van der Waals surface area (Å²) in [6.45, 7) is 6.84. The first-order valence-corrected chi connectivity index (χ1v) is 7.41. The minimum atomic E-state index is 0. The van der Waals surface area contributed by atoms with Gasteiger partial charge < -0.3 is 11.1 Å². The maximum absolute atomic E-state index is 5.90. The highest BCUT2D eigenvalue weighted by molar-refractivity contribution is 14.0. The number of aliphatic imine (C=N–C) groups is 1. The SMILES string of the molecule is Cc1cc(C)cc(NC(N)=NCCc2ncc(C)s2)c1.I. The number of hydrogen-bond acceptors (Lipinski definition) is 3. The van der Waals surface area contributed by atoms with E-state index in [4.69, 9.17) is 5.73 Å². The van der Waals surface area contributed by atoms with Gasteiger partial charge in [0.2, 0.25) is 0 Å². The number of nitrogens with two attached hydrogens (primary N) is 1. The molecule has 1 aromatic carbocycles. The number of rotatable bonds is 4. The molecular formula is C15H21IN4S. The molecule has 114 valence electrons. The molecule has 0 aliphatic heterocycles. The Balaban J connectivity index is 0.00000220. The zero-order valence-corrected chi connectivity index (χ0v) is 15.7. The van der Waals surface area contributed by atoms with Crippen LogP contribution in [0.25, 0.3) is 0 Å². The fourth-order valence-electron chi connectivity index (χ4n) is 2.02. The van der Waals surface area contributed by atoms with Crippen LogP contribution in [-0.2, 0) is 6.42 Å². The maximum atomic E-state index is 5.90. The molecule has 0 spiro atoms. The molecule has 0 atom stereocenters. The van der Waals surface area contributed by atoms with Crippen LogP contribution in [0.15, 0.2) is 29.4 Å². The van der Waals surface area contributed by atoms with Crippen molar-refractivity contribution in [1.82, 2.24) is 4.98 Å². The predicted octanol–water partition coefficient (Wildman–Crippen LogP) is 3.66. The Bertz CT molecular complexity index is 602. The van der Waals surface area contributed by atoms with E-state index in [9.17, 15) is 0 Å². The van der Waals surface area contributed by atoms with Crippen molar-refractivity contribution in [2.45, 2.75) is 27.2 Å². The smallest absolute Gasteiger partial charge is 0.193 e. The summed E-state index contributed by atoms with van der Waals surface area (Å²) in [7, 11) is 0. The largest absolute Gasteiger partial charge is 0.370 e. The second kappa shape index (κ2) is 8.33. The number of halogens is 1. The molecule has 1 aromatic heterocycles. The normalized spacial score (nSPS) is 11.1. The van der Waals surface area contributed by atoms with Gasteiger partial charge in [-0.25, -0.2) is 4.98 Å². The lowest BCUT2D eigenvalue weighted by Gasteiger charge is -2.07. The Labute approximate surface area is 146 Å². The molecule has 0 unspecified atom stereocenters. The number of aryl methyl sites for hydroxylation is 3. The average molecular weight is 416 g/mol. The Morgan fingerprint density at radius 2 is 1.90 bits per heavy atom. The summed E-state index contributed by atoms with van der Waals surface area (Å²) in [6.07, 6.45) is 2.72. The van der Waals surface area contributed by atoms with E-state index in [0.717, 1.165) is 17.1 Å². The van der Waals surface area contributed by atoms with E-state index in [0.29, 0.717) is 12.5 Å². The topological polar surface area (TPSA) is 63.3 Å². The van der Waals surface area contributed by atoms with E-state index < -0.39 is 0 Å². The number of guanidine groups is 1. The lowest BCUT2D eigenvalue weighted by molar-refractivity contribution is 0.949. The third kappa shape index (κ3) is 6.01. The van der Waals surface area contributed by atoms with Gasteiger partial charge in [0.05, 0.1) is 5.01 Å². The molecule has 1 heterocycles. The van der Waals surface area contributed by atoms with Gasteiger partial charge in [-0.2, -0.15) is 0 Å². The first-order valence-electron chi connectivity index (χ1n) is 6.59. The average Bonchev–Trinajstić information content (AvgIpc) is 2.73. The molecule has 0 fully saturated rings. The van der Waals surface area contributed by atoms with Gasteiger partial charge in [0, 0.05) is 29.7 Å². The molecular weight excluding hydrogens is 395 g/mol. The molecule has 4 nitrogen and oxygen atoms in total. The summed E-state index contributed by atoms with van der Waals surface area (Å²) in [4.78, 5) is 9.87. The second-order valence-corrected chi connectivity index (χ2v) is 6.20. The molecule has 0 saturated carbocycles. The zero-order chi connectivity index (χ0) is 14.5. The van der Waals surface area contributed by atoms with Crippen LogP contribution in [0.5, 0.6) is 0 Å². The lowest BCUT2D eigenvalue weighted by atomic mass is 10.1. The van der Waals surface area contributed by atoms with Crippen molar-refractivity contribution >= 4 is 47.0 Å². The molecule has 6 heteroatoms.